The summed E-state index contributed by atoms with van der Waals surface area (Å²) in [5.41, 5.74) is 7.61. The average molecular weight is 598 g/mol. The molecule has 1 aliphatic heterocycles. The highest BCUT2D eigenvalue weighted by atomic mass is 16.3. The molecule has 0 fully saturated rings. The lowest BCUT2D eigenvalue weighted by molar-refractivity contribution is 0.665. The number of para-hydroxylation sites is 2. The van der Waals surface area contributed by atoms with Crippen LogP contribution in [0.25, 0.3) is 49.5 Å². The molecule has 0 aliphatic carbocycles. The molecule has 2 aromatic heterocycles. The van der Waals surface area contributed by atoms with E-state index in [2.05, 4.69) is 103 Å². The highest BCUT2D eigenvalue weighted by molar-refractivity contribution is 6.13. The van der Waals surface area contributed by atoms with Crippen LogP contribution in [0.15, 0.2) is 165 Å². The van der Waals surface area contributed by atoms with Gasteiger partial charge in [-0.3, -0.25) is 0 Å². The van der Waals surface area contributed by atoms with E-state index in [0.29, 0.717) is 6.42 Å². The van der Waals surface area contributed by atoms with Crippen LogP contribution in [-0.4, -0.2) is 11.7 Å². The van der Waals surface area contributed by atoms with Crippen molar-refractivity contribution < 1.29 is 8.83 Å². The highest BCUT2D eigenvalue weighted by Gasteiger charge is 2.21. The zero-order chi connectivity index (χ0) is 30.9. The minimum absolute atomic E-state index is 0.437. The summed E-state index contributed by atoms with van der Waals surface area (Å²) in [7, 11) is 0. The second kappa shape index (κ2) is 11.9. The molecule has 1 atom stereocenters. The lowest BCUT2D eigenvalue weighted by Crippen LogP contribution is -2.35. The van der Waals surface area contributed by atoms with E-state index in [1.807, 2.05) is 48.5 Å². The number of aliphatic imine (C=N–C) groups is 2. The van der Waals surface area contributed by atoms with Crippen LogP contribution in [0.1, 0.15) is 35.7 Å². The maximum atomic E-state index is 6.22. The molecule has 46 heavy (non-hydrogen) atoms. The Bertz CT molecular complexity index is 2370. The first-order chi connectivity index (χ1) is 22.7. The molecule has 3 heterocycles. The lowest BCUT2D eigenvalue weighted by Gasteiger charge is -2.21. The van der Waals surface area contributed by atoms with Gasteiger partial charge < -0.3 is 14.2 Å². The molecule has 1 N–H and O–H groups in total. The molecule has 0 saturated carbocycles. The number of amidine groups is 2. The van der Waals surface area contributed by atoms with Crippen molar-refractivity contribution in [3.05, 3.63) is 163 Å². The molecule has 0 amide bonds. The van der Waals surface area contributed by atoms with Crippen molar-refractivity contribution >= 4 is 61.1 Å². The Morgan fingerprint density at radius 1 is 0.696 bits per heavy atom. The number of benzene rings is 5. The Labute approximate surface area is 266 Å². The van der Waals surface area contributed by atoms with Gasteiger partial charge in [0.1, 0.15) is 34.0 Å². The van der Waals surface area contributed by atoms with Gasteiger partial charge >= 0.3 is 0 Å². The molecule has 1 unspecified atom stereocenters. The zero-order valence-electron chi connectivity index (χ0n) is 25.2. The monoisotopic (exact) mass is 597 g/mol. The Morgan fingerprint density at radius 2 is 1.35 bits per heavy atom. The number of allylic oxidation sites excluding steroid dienone is 4. The van der Waals surface area contributed by atoms with Crippen molar-refractivity contribution in [1.29, 1.82) is 0 Å². The fourth-order valence-electron chi connectivity index (χ4n) is 6.10. The number of nitrogens with zero attached hydrogens (tertiary/aromatic N) is 2. The summed E-state index contributed by atoms with van der Waals surface area (Å²) in [6.45, 7) is 3.89. The van der Waals surface area contributed by atoms with Gasteiger partial charge in [-0.2, -0.15) is 0 Å². The van der Waals surface area contributed by atoms with Gasteiger partial charge in [-0.05, 0) is 47.9 Å². The van der Waals surface area contributed by atoms with E-state index in [4.69, 9.17) is 18.8 Å². The SMILES string of the molecule is C=CC/C=C(\C=C/CC1=NC(c2ccc3c(c2)oc2ccccc23)N=C(c2ccc3c(c2)oc2ccccc23)N1)c1ccccc1. The lowest BCUT2D eigenvalue weighted by atomic mass is 10.0. The number of furan rings is 2. The molecule has 222 valence electrons. The Kier molecular flexibility index (Phi) is 7.12. The van der Waals surface area contributed by atoms with E-state index >= 15 is 0 Å². The molecule has 5 aromatic carbocycles. The van der Waals surface area contributed by atoms with Crippen molar-refractivity contribution in [1.82, 2.24) is 5.32 Å². The first-order valence-electron chi connectivity index (χ1n) is 15.5. The molecule has 1 aliphatic rings. The van der Waals surface area contributed by atoms with Gasteiger partial charge in [0.05, 0.1) is 0 Å². The molecular formula is C41H31N3O2. The second-order valence-electron chi connectivity index (χ2n) is 11.4. The summed E-state index contributed by atoms with van der Waals surface area (Å²) >= 11 is 0. The quantitative estimate of drug-likeness (QED) is 0.140. The summed E-state index contributed by atoms with van der Waals surface area (Å²) < 4.78 is 12.4. The van der Waals surface area contributed by atoms with Gasteiger partial charge in [0.25, 0.3) is 0 Å². The van der Waals surface area contributed by atoms with Gasteiger partial charge in [-0.25, -0.2) is 9.98 Å². The maximum Gasteiger partial charge on any atom is 0.169 e. The van der Waals surface area contributed by atoms with Crippen LogP contribution in [0, 0.1) is 0 Å². The first-order valence-corrected chi connectivity index (χ1v) is 15.5. The maximum absolute atomic E-state index is 6.22. The fraction of sp³-hybridized carbons (Fsp3) is 0.0732. The molecule has 0 saturated heterocycles. The van der Waals surface area contributed by atoms with Crippen molar-refractivity contribution in [3.63, 3.8) is 0 Å². The number of nitrogens with one attached hydrogen (secondary N) is 1. The molecule has 5 heteroatoms. The summed E-state index contributed by atoms with van der Waals surface area (Å²) in [6, 6.07) is 39.2. The summed E-state index contributed by atoms with van der Waals surface area (Å²) in [5.74, 6) is 1.58. The van der Waals surface area contributed by atoms with E-state index in [1.165, 1.54) is 0 Å². The molecule has 0 bridgehead atoms. The minimum atomic E-state index is -0.437. The van der Waals surface area contributed by atoms with Crippen LogP contribution in [-0.2, 0) is 0 Å². The van der Waals surface area contributed by atoms with Crippen molar-refractivity contribution in [2.24, 2.45) is 9.98 Å². The highest BCUT2D eigenvalue weighted by Crippen LogP contribution is 2.34. The number of hydrogen-bond acceptors (Lipinski definition) is 5. The zero-order valence-corrected chi connectivity index (χ0v) is 25.2. The topological polar surface area (TPSA) is 63.0 Å². The fourth-order valence-corrected chi connectivity index (χ4v) is 6.10. The molecule has 5 nitrogen and oxygen atoms in total. The summed E-state index contributed by atoms with van der Waals surface area (Å²) in [6.07, 6.45) is 9.37. The van der Waals surface area contributed by atoms with Crippen LogP contribution in [0.2, 0.25) is 0 Å². The predicted molar refractivity (Wildman–Crippen MR) is 190 cm³/mol. The van der Waals surface area contributed by atoms with E-state index in [9.17, 15) is 0 Å². The molecule has 8 rings (SSSR count). The number of hydrogen-bond donors (Lipinski definition) is 1. The number of fused-ring (bicyclic) bond motifs is 6. The Morgan fingerprint density at radius 3 is 2.09 bits per heavy atom. The second-order valence-corrected chi connectivity index (χ2v) is 11.4. The van der Waals surface area contributed by atoms with Crippen molar-refractivity contribution in [2.45, 2.75) is 19.0 Å². The summed E-state index contributed by atoms with van der Waals surface area (Å²) in [4.78, 5) is 10.2. The standard InChI is InChI=1S/C41H31N3O2/c1-2-3-12-27(28-13-5-4-6-14-28)15-11-20-39-42-40(29-21-23-33-31-16-7-9-18-35(31)45-37(33)25-29)44-41(43-39)30-22-24-34-32-17-8-10-19-36(32)46-38(34)26-30/h2,4-19,21-26,40H,1,3,20H2,(H,42,43,44)/b15-11-,27-12+. The third-order valence-corrected chi connectivity index (χ3v) is 8.37. The van der Waals surface area contributed by atoms with Crippen LogP contribution >= 0.6 is 0 Å². The van der Waals surface area contributed by atoms with Crippen molar-refractivity contribution in [2.75, 3.05) is 0 Å². The van der Waals surface area contributed by atoms with Crippen LogP contribution in [0.3, 0.4) is 0 Å². The average Bonchev–Trinajstić information content (AvgIpc) is 3.67. The molecule has 0 radical (unpaired) electrons. The number of rotatable bonds is 8. The minimum Gasteiger partial charge on any atom is -0.456 e. The molecule has 7 aromatic rings. The Hall–Kier alpha value is -5.94. The largest absolute Gasteiger partial charge is 0.456 e. The van der Waals surface area contributed by atoms with Gasteiger partial charge in [-0.1, -0.05) is 109 Å². The molecule has 0 spiro atoms. The van der Waals surface area contributed by atoms with Crippen LogP contribution in [0.4, 0.5) is 0 Å². The van der Waals surface area contributed by atoms with Crippen LogP contribution in [0.5, 0.6) is 0 Å². The van der Waals surface area contributed by atoms with E-state index in [-0.39, 0.29) is 0 Å². The van der Waals surface area contributed by atoms with E-state index < -0.39 is 6.17 Å². The van der Waals surface area contributed by atoms with Gasteiger partial charge in [0.2, 0.25) is 0 Å². The normalized spacial score (nSPS) is 15.5. The van der Waals surface area contributed by atoms with E-state index in [1.54, 1.807) is 0 Å². The van der Waals surface area contributed by atoms with Gasteiger partial charge in [0, 0.05) is 39.1 Å². The van der Waals surface area contributed by atoms with Gasteiger partial charge in [-0.15, -0.1) is 6.58 Å². The van der Waals surface area contributed by atoms with Crippen LogP contribution < -0.4 is 5.32 Å². The third-order valence-electron chi connectivity index (χ3n) is 8.37. The summed E-state index contributed by atoms with van der Waals surface area (Å²) in [5, 5.41) is 7.90. The first kappa shape index (κ1) is 27.6. The predicted octanol–water partition coefficient (Wildman–Crippen LogP) is 10.5. The third kappa shape index (κ3) is 5.22. The smallest absolute Gasteiger partial charge is 0.169 e. The molecular weight excluding hydrogens is 566 g/mol. The Balaban J connectivity index is 1.17. The van der Waals surface area contributed by atoms with Crippen molar-refractivity contribution in [3.8, 4) is 0 Å². The van der Waals surface area contributed by atoms with Gasteiger partial charge in [0.15, 0.2) is 6.17 Å². The van der Waals surface area contributed by atoms with E-state index in [0.717, 1.165) is 84.2 Å².